The van der Waals surface area contributed by atoms with Crippen LogP contribution in [0.15, 0.2) is 61.3 Å². The van der Waals surface area contributed by atoms with Crippen molar-refractivity contribution in [2.24, 2.45) is 0 Å². The van der Waals surface area contributed by atoms with Gasteiger partial charge in [0.05, 0.1) is 28.9 Å². The van der Waals surface area contributed by atoms with E-state index in [-0.39, 0.29) is 6.10 Å². The SMILES string of the molecule is CCNc1ccc2ccc(OCc3cncc(-n4cc([C@H]5CCCO5)c5c(N)ncnc54)c3)cc2n1. The molecule has 1 fully saturated rings. The molecule has 9 nitrogen and oxygen atoms in total. The van der Waals surface area contributed by atoms with Gasteiger partial charge < -0.3 is 20.5 Å². The van der Waals surface area contributed by atoms with Gasteiger partial charge in [0.2, 0.25) is 0 Å². The summed E-state index contributed by atoms with van der Waals surface area (Å²) in [6.07, 6.45) is 9.13. The Bertz CT molecular complexity index is 1540. The van der Waals surface area contributed by atoms with Crippen molar-refractivity contribution in [3.63, 3.8) is 0 Å². The first-order valence-electron chi connectivity index (χ1n) is 12.1. The second kappa shape index (κ2) is 9.43. The molecule has 0 radical (unpaired) electrons. The molecular formula is C27H27N7O2. The van der Waals surface area contributed by atoms with Crippen LogP contribution < -0.4 is 15.8 Å². The highest BCUT2D eigenvalue weighted by atomic mass is 16.5. The van der Waals surface area contributed by atoms with E-state index in [9.17, 15) is 0 Å². The Balaban J connectivity index is 1.28. The first-order valence-corrected chi connectivity index (χ1v) is 12.1. The largest absolute Gasteiger partial charge is 0.489 e. The average Bonchev–Trinajstić information content (AvgIpc) is 3.57. The molecule has 0 saturated carbocycles. The van der Waals surface area contributed by atoms with Gasteiger partial charge in [-0.3, -0.25) is 9.55 Å². The van der Waals surface area contributed by atoms with Crippen molar-refractivity contribution in [3.05, 3.63) is 72.4 Å². The number of benzene rings is 1. The Morgan fingerprint density at radius 1 is 1.17 bits per heavy atom. The predicted molar refractivity (Wildman–Crippen MR) is 139 cm³/mol. The van der Waals surface area contributed by atoms with E-state index in [4.69, 9.17) is 15.2 Å². The molecule has 0 aliphatic carbocycles. The number of rotatable bonds is 7. The number of hydrogen-bond acceptors (Lipinski definition) is 8. The van der Waals surface area contributed by atoms with Crippen LogP contribution in [0.1, 0.15) is 37.0 Å². The van der Waals surface area contributed by atoms with Gasteiger partial charge in [0.1, 0.15) is 36.0 Å². The second-order valence-corrected chi connectivity index (χ2v) is 8.84. The van der Waals surface area contributed by atoms with Crippen LogP contribution in [0.2, 0.25) is 0 Å². The Labute approximate surface area is 208 Å². The number of aromatic nitrogens is 5. The molecule has 1 aliphatic rings. The fourth-order valence-electron chi connectivity index (χ4n) is 4.70. The molecule has 1 aliphatic heterocycles. The van der Waals surface area contributed by atoms with E-state index in [1.54, 1.807) is 0 Å². The van der Waals surface area contributed by atoms with Crippen LogP contribution in [0.4, 0.5) is 11.6 Å². The fraction of sp³-hybridized carbons (Fsp3) is 0.259. The summed E-state index contributed by atoms with van der Waals surface area (Å²) in [5, 5.41) is 5.15. The van der Waals surface area contributed by atoms with E-state index in [0.717, 1.165) is 76.3 Å². The molecule has 0 bridgehead atoms. The first-order chi connectivity index (χ1) is 17.7. The minimum Gasteiger partial charge on any atom is -0.489 e. The van der Waals surface area contributed by atoms with Gasteiger partial charge >= 0.3 is 0 Å². The first kappa shape index (κ1) is 22.2. The topological polar surface area (TPSA) is 113 Å². The van der Waals surface area contributed by atoms with Gasteiger partial charge in [-0.15, -0.1) is 0 Å². The van der Waals surface area contributed by atoms with Gasteiger partial charge in [0.15, 0.2) is 0 Å². The molecule has 1 aromatic carbocycles. The molecule has 9 heteroatoms. The highest BCUT2D eigenvalue weighted by molar-refractivity contribution is 5.91. The van der Waals surface area contributed by atoms with Gasteiger partial charge in [0, 0.05) is 48.1 Å². The van der Waals surface area contributed by atoms with Crippen LogP contribution in [-0.4, -0.2) is 37.7 Å². The van der Waals surface area contributed by atoms with Crippen molar-refractivity contribution >= 4 is 33.6 Å². The van der Waals surface area contributed by atoms with E-state index in [0.29, 0.717) is 12.4 Å². The molecule has 0 amide bonds. The fourth-order valence-corrected chi connectivity index (χ4v) is 4.70. The maximum Gasteiger partial charge on any atom is 0.150 e. The number of nitrogens with one attached hydrogen (secondary N) is 1. The molecule has 182 valence electrons. The Hall–Kier alpha value is -4.24. The zero-order valence-electron chi connectivity index (χ0n) is 20.0. The van der Waals surface area contributed by atoms with Gasteiger partial charge in [-0.05, 0) is 50.1 Å². The van der Waals surface area contributed by atoms with Gasteiger partial charge in [-0.2, -0.15) is 0 Å². The van der Waals surface area contributed by atoms with Crippen molar-refractivity contribution in [1.82, 2.24) is 24.5 Å². The Morgan fingerprint density at radius 3 is 2.94 bits per heavy atom. The summed E-state index contributed by atoms with van der Waals surface area (Å²) in [6.45, 7) is 3.99. The normalized spacial score (nSPS) is 15.5. The van der Waals surface area contributed by atoms with Gasteiger partial charge in [0.25, 0.3) is 0 Å². The summed E-state index contributed by atoms with van der Waals surface area (Å²) in [5.74, 6) is 2.06. The third-order valence-corrected chi connectivity index (χ3v) is 6.40. The molecule has 1 atom stereocenters. The monoisotopic (exact) mass is 481 g/mol. The zero-order chi connectivity index (χ0) is 24.5. The molecule has 0 unspecified atom stereocenters. The molecule has 6 rings (SSSR count). The second-order valence-electron chi connectivity index (χ2n) is 8.84. The lowest BCUT2D eigenvalue weighted by Gasteiger charge is -2.10. The smallest absolute Gasteiger partial charge is 0.150 e. The number of pyridine rings is 2. The quantitative estimate of drug-likeness (QED) is 0.341. The van der Waals surface area contributed by atoms with Gasteiger partial charge in [-0.25, -0.2) is 15.0 Å². The van der Waals surface area contributed by atoms with Crippen LogP contribution in [0.25, 0.3) is 27.6 Å². The number of hydrogen-bond donors (Lipinski definition) is 2. The number of fused-ring (bicyclic) bond motifs is 2. The summed E-state index contributed by atoms with van der Waals surface area (Å²) in [7, 11) is 0. The van der Waals surface area contributed by atoms with E-state index in [2.05, 4.69) is 38.2 Å². The molecule has 3 N–H and O–H groups in total. The molecule has 36 heavy (non-hydrogen) atoms. The van der Waals surface area contributed by atoms with Crippen LogP contribution in [0.5, 0.6) is 5.75 Å². The third kappa shape index (κ3) is 4.18. The Kier molecular flexibility index (Phi) is 5.82. The summed E-state index contributed by atoms with van der Waals surface area (Å²) >= 11 is 0. The highest BCUT2D eigenvalue weighted by Crippen LogP contribution is 2.37. The van der Waals surface area contributed by atoms with Crippen LogP contribution >= 0.6 is 0 Å². The minimum absolute atomic E-state index is 0.00363. The van der Waals surface area contributed by atoms with Crippen molar-refractivity contribution in [3.8, 4) is 11.4 Å². The lowest BCUT2D eigenvalue weighted by molar-refractivity contribution is 0.113. The number of nitrogens with zero attached hydrogens (tertiary/aromatic N) is 5. The maximum atomic E-state index is 6.26. The average molecular weight is 482 g/mol. The van der Waals surface area contributed by atoms with Crippen LogP contribution in [0.3, 0.4) is 0 Å². The van der Waals surface area contributed by atoms with Gasteiger partial charge in [-0.1, -0.05) is 0 Å². The Morgan fingerprint density at radius 2 is 2.08 bits per heavy atom. The molecule has 5 heterocycles. The number of anilines is 2. The maximum absolute atomic E-state index is 6.26. The summed E-state index contributed by atoms with van der Waals surface area (Å²) < 4.78 is 14.1. The van der Waals surface area contributed by atoms with Crippen LogP contribution in [0, 0.1) is 0 Å². The third-order valence-electron chi connectivity index (χ3n) is 6.40. The lowest BCUT2D eigenvalue weighted by Crippen LogP contribution is -2.01. The summed E-state index contributed by atoms with van der Waals surface area (Å²) in [5.41, 5.74) is 10.7. The standard InChI is InChI=1S/C27H27N7O2/c1-2-30-24-8-6-18-5-7-20(11-22(18)33-24)36-15-17-10-19(13-29-12-17)34-14-21(23-4-3-9-35-23)25-26(28)31-16-32-27(25)34/h5-8,10-14,16,23H,2-4,9,15H2,1H3,(H,30,33)(H2,28,31,32)/t23-/m1/s1. The number of nitrogens with two attached hydrogens (primary N) is 1. The molecule has 1 saturated heterocycles. The predicted octanol–water partition coefficient (Wildman–Crippen LogP) is 4.81. The van der Waals surface area contributed by atoms with Crippen molar-refractivity contribution in [2.75, 3.05) is 24.2 Å². The van der Waals surface area contributed by atoms with Crippen LogP contribution in [-0.2, 0) is 11.3 Å². The molecule has 0 spiro atoms. The van der Waals surface area contributed by atoms with E-state index >= 15 is 0 Å². The summed E-state index contributed by atoms with van der Waals surface area (Å²) in [6, 6.07) is 12.0. The van der Waals surface area contributed by atoms with E-state index in [1.165, 1.54) is 6.33 Å². The van der Waals surface area contributed by atoms with Crippen molar-refractivity contribution < 1.29 is 9.47 Å². The minimum atomic E-state index is -0.00363. The number of ether oxygens (including phenoxy) is 2. The van der Waals surface area contributed by atoms with E-state index in [1.807, 2.05) is 53.5 Å². The lowest BCUT2D eigenvalue weighted by atomic mass is 10.1. The van der Waals surface area contributed by atoms with Crippen molar-refractivity contribution in [1.29, 1.82) is 0 Å². The highest BCUT2D eigenvalue weighted by Gasteiger charge is 2.25. The van der Waals surface area contributed by atoms with Crippen molar-refractivity contribution in [2.45, 2.75) is 32.5 Å². The van der Waals surface area contributed by atoms with E-state index < -0.39 is 0 Å². The zero-order valence-corrected chi connectivity index (χ0v) is 20.0. The molecule has 5 aromatic rings. The summed E-state index contributed by atoms with van der Waals surface area (Å²) in [4.78, 5) is 17.9. The molecular weight excluding hydrogens is 454 g/mol. The number of nitrogen functional groups attached to an aromatic ring is 1. The molecule has 4 aromatic heterocycles.